The molecule has 2 N–H and O–H groups in total. The molecular formula is C14H17F3N2O6S2. The summed E-state index contributed by atoms with van der Waals surface area (Å²) in [6.07, 6.45) is -4.79. The highest BCUT2D eigenvalue weighted by atomic mass is 32.2. The Balaban J connectivity index is 1.83. The van der Waals surface area contributed by atoms with Gasteiger partial charge in [0.15, 0.2) is 9.84 Å². The topological polar surface area (TPSA) is 119 Å². The number of alkyl halides is 3. The van der Waals surface area contributed by atoms with E-state index >= 15 is 0 Å². The van der Waals surface area contributed by atoms with Gasteiger partial charge >= 0.3 is 6.36 Å². The quantitative estimate of drug-likeness (QED) is 0.653. The molecule has 1 fully saturated rings. The van der Waals surface area contributed by atoms with Crippen molar-refractivity contribution in [3.05, 3.63) is 24.3 Å². The third kappa shape index (κ3) is 6.99. The molecule has 13 heteroatoms. The molecule has 152 valence electrons. The van der Waals surface area contributed by atoms with Crippen molar-refractivity contribution >= 4 is 25.8 Å². The number of amides is 1. The zero-order chi connectivity index (χ0) is 20.3. The van der Waals surface area contributed by atoms with Gasteiger partial charge in [-0.15, -0.1) is 13.2 Å². The number of ether oxygens (including phenoxy) is 1. The number of halogens is 3. The van der Waals surface area contributed by atoms with Gasteiger partial charge in [0.05, 0.1) is 16.4 Å². The van der Waals surface area contributed by atoms with Crippen molar-refractivity contribution in [1.29, 1.82) is 0 Å². The fraction of sp³-hybridized carbons (Fsp3) is 0.500. The molecule has 0 bridgehead atoms. The van der Waals surface area contributed by atoms with Gasteiger partial charge in [-0.3, -0.25) is 4.79 Å². The first-order valence-corrected chi connectivity index (χ1v) is 11.0. The second kappa shape index (κ2) is 8.02. The molecule has 1 aromatic carbocycles. The van der Waals surface area contributed by atoms with Gasteiger partial charge in [-0.05, 0) is 30.7 Å². The Kier molecular flexibility index (Phi) is 6.37. The third-order valence-electron chi connectivity index (χ3n) is 3.61. The number of carbonyl (C=O) groups excluding carboxylic acids is 1. The van der Waals surface area contributed by atoms with Crippen LogP contribution in [0.1, 0.15) is 12.8 Å². The fourth-order valence-corrected chi connectivity index (χ4v) is 5.12. The summed E-state index contributed by atoms with van der Waals surface area (Å²) in [6, 6.07) is 3.10. The molecule has 8 nitrogen and oxygen atoms in total. The van der Waals surface area contributed by atoms with Crippen LogP contribution in [0.4, 0.5) is 13.2 Å². The largest absolute Gasteiger partial charge is 0.573 e. The van der Waals surface area contributed by atoms with Crippen LogP contribution in [0.2, 0.25) is 0 Å². The van der Waals surface area contributed by atoms with E-state index in [-0.39, 0.29) is 29.4 Å². The minimum atomic E-state index is -4.88. The number of sulfone groups is 1. The smallest absolute Gasteiger partial charge is 0.406 e. The molecule has 0 aliphatic carbocycles. The van der Waals surface area contributed by atoms with Crippen LogP contribution in [0.3, 0.4) is 0 Å². The van der Waals surface area contributed by atoms with E-state index in [2.05, 4.69) is 14.8 Å². The highest BCUT2D eigenvalue weighted by Crippen LogP contribution is 2.23. The van der Waals surface area contributed by atoms with Crippen molar-refractivity contribution < 1.29 is 39.5 Å². The summed E-state index contributed by atoms with van der Waals surface area (Å²) in [5.41, 5.74) is 0. The van der Waals surface area contributed by atoms with E-state index in [9.17, 15) is 34.8 Å². The molecule has 1 aliphatic heterocycles. The molecule has 0 saturated carbocycles. The van der Waals surface area contributed by atoms with Crippen LogP contribution in [-0.2, 0) is 24.7 Å². The molecular weight excluding hydrogens is 413 g/mol. The summed E-state index contributed by atoms with van der Waals surface area (Å²) >= 11 is 0. The summed E-state index contributed by atoms with van der Waals surface area (Å²) in [5.74, 6) is -1.21. The molecule has 2 rings (SSSR count). The number of nitrogens with one attached hydrogen (secondary N) is 2. The van der Waals surface area contributed by atoms with Crippen LogP contribution in [0, 0.1) is 0 Å². The SMILES string of the molecule is O=C(CCNS(=O)(=O)c1ccc(OC(F)(F)F)cc1)N[C@H]1CCS(=O)(=O)C1. The summed E-state index contributed by atoms with van der Waals surface area (Å²) in [5, 5.41) is 2.51. The van der Waals surface area contributed by atoms with Crippen LogP contribution in [0.15, 0.2) is 29.2 Å². The highest BCUT2D eigenvalue weighted by Gasteiger charge is 2.31. The summed E-state index contributed by atoms with van der Waals surface area (Å²) in [4.78, 5) is 11.5. The maximum atomic E-state index is 12.1. The zero-order valence-electron chi connectivity index (χ0n) is 13.8. The molecule has 1 atom stereocenters. The average Bonchev–Trinajstić information content (AvgIpc) is 2.84. The molecule has 1 aliphatic rings. The highest BCUT2D eigenvalue weighted by molar-refractivity contribution is 7.91. The number of rotatable bonds is 7. The lowest BCUT2D eigenvalue weighted by atomic mass is 10.2. The second-order valence-electron chi connectivity index (χ2n) is 5.83. The maximum absolute atomic E-state index is 12.1. The molecule has 0 radical (unpaired) electrons. The van der Waals surface area contributed by atoms with Gasteiger partial charge in [0, 0.05) is 19.0 Å². The standard InChI is InChI=1S/C14H17F3N2O6S2/c15-14(16,17)25-11-1-3-12(4-2-11)27(23,24)18-7-5-13(20)19-10-6-8-26(21,22)9-10/h1-4,10,18H,5-9H2,(H,19,20)/t10-/m0/s1. The average molecular weight is 430 g/mol. The molecule has 27 heavy (non-hydrogen) atoms. The van der Waals surface area contributed by atoms with Gasteiger partial charge in [-0.25, -0.2) is 21.6 Å². The van der Waals surface area contributed by atoms with Crippen LogP contribution in [0.5, 0.6) is 5.75 Å². The summed E-state index contributed by atoms with van der Waals surface area (Å²) < 4.78 is 88.8. The predicted molar refractivity (Wildman–Crippen MR) is 88.1 cm³/mol. The Labute approximate surface area is 154 Å². The van der Waals surface area contributed by atoms with E-state index < -0.39 is 43.9 Å². The molecule has 1 amide bonds. The third-order valence-corrected chi connectivity index (χ3v) is 6.85. The van der Waals surface area contributed by atoms with Crippen molar-refractivity contribution in [2.75, 3.05) is 18.1 Å². The van der Waals surface area contributed by atoms with E-state index in [0.717, 1.165) is 24.3 Å². The number of sulfonamides is 1. The van der Waals surface area contributed by atoms with Crippen molar-refractivity contribution in [2.24, 2.45) is 0 Å². The Morgan fingerprint density at radius 2 is 1.85 bits per heavy atom. The fourth-order valence-electron chi connectivity index (χ4n) is 2.41. The van der Waals surface area contributed by atoms with Crippen LogP contribution in [-0.4, -0.2) is 53.2 Å². The lowest BCUT2D eigenvalue weighted by Gasteiger charge is -2.12. The van der Waals surface area contributed by atoms with E-state index in [4.69, 9.17) is 0 Å². The summed E-state index contributed by atoms with van der Waals surface area (Å²) in [7, 11) is -7.17. The molecule has 0 aromatic heterocycles. The van der Waals surface area contributed by atoms with E-state index in [0.29, 0.717) is 6.42 Å². The van der Waals surface area contributed by atoms with E-state index in [1.54, 1.807) is 0 Å². The molecule has 1 aromatic rings. The lowest BCUT2D eigenvalue weighted by molar-refractivity contribution is -0.274. The number of hydrogen-bond acceptors (Lipinski definition) is 6. The van der Waals surface area contributed by atoms with Crippen molar-refractivity contribution in [2.45, 2.75) is 30.1 Å². The first kappa shape index (κ1) is 21.4. The Bertz CT molecular complexity index is 882. The van der Waals surface area contributed by atoms with Gasteiger partial charge in [-0.1, -0.05) is 0 Å². The minimum absolute atomic E-state index is 0.00136. The van der Waals surface area contributed by atoms with Gasteiger partial charge in [0.1, 0.15) is 5.75 Å². The van der Waals surface area contributed by atoms with Gasteiger partial charge < -0.3 is 10.1 Å². The van der Waals surface area contributed by atoms with Crippen molar-refractivity contribution in [1.82, 2.24) is 10.0 Å². The maximum Gasteiger partial charge on any atom is 0.573 e. The number of hydrogen-bond donors (Lipinski definition) is 2. The van der Waals surface area contributed by atoms with Gasteiger partial charge in [0.25, 0.3) is 0 Å². The van der Waals surface area contributed by atoms with Gasteiger partial charge in [-0.2, -0.15) is 0 Å². The first-order valence-electron chi connectivity index (χ1n) is 7.72. The molecule has 1 saturated heterocycles. The number of benzene rings is 1. The first-order chi connectivity index (χ1) is 12.4. The normalized spacial score (nSPS) is 19.6. The Hall–Kier alpha value is -1.86. The second-order valence-corrected chi connectivity index (χ2v) is 9.83. The van der Waals surface area contributed by atoms with Crippen LogP contribution < -0.4 is 14.8 Å². The molecule has 0 spiro atoms. The van der Waals surface area contributed by atoms with Gasteiger partial charge in [0.2, 0.25) is 15.9 Å². The van der Waals surface area contributed by atoms with Crippen molar-refractivity contribution in [3.8, 4) is 5.75 Å². The van der Waals surface area contributed by atoms with Crippen LogP contribution in [0.25, 0.3) is 0 Å². The monoisotopic (exact) mass is 430 g/mol. The minimum Gasteiger partial charge on any atom is -0.406 e. The number of carbonyl (C=O) groups is 1. The lowest BCUT2D eigenvalue weighted by Crippen LogP contribution is -2.37. The Morgan fingerprint density at radius 1 is 1.22 bits per heavy atom. The zero-order valence-corrected chi connectivity index (χ0v) is 15.5. The van der Waals surface area contributed by atoms with E-state index in [1.165, 1.54) is 0 Å². The van der Waals surface area contributed by atoms with E-state index in [1.807, 2.05) is 0 Å². The molecule has 0 unspecified atom stereocenters. The van der Waals surface area contributed by atoms with Crippen molar-refractivity contribution in [3.63, 3.8) is 0 Å². The predicted octanol–water partition coefficient (Wildman–Crippen LogP) is 0.557. The Morgan fingerprint density at radius 3 is 2.37 bits per heavy atom. The van der Waals surface area contributed by atoms with Crippen LogP contribution >= 0.6 is 0 Å². The molecule has 1 heterocycles. The summed E-state index contributed by atoms with van der Waals surface area (Å²) in [6.45, 7) is -0.256.